The van der Waals surface area contributed by atoms with Gasteiger partial charge in [0.05, 0.1) is 0 Å². The van der Waals surface area contributed by atoms with Gasteiger partial charge in [-0.15, -0.1) is 0 Å². The van der Waals surface area contributed by atoms with E-state index in [1.165, 1.54) is 12.1 Å². The van der Waals surface area contributed by atoms with Crippen LogP contribution in [0.15, 0.2) is 33.3 Å². The van der Waals surface area contributed by atoms with Gasteiger partial charge in [0.2, 0.25) is 5.88 Å². The van der Waals surface area contributed by atoms with E-state index in [4.69, 9.17) is 10.3 Å². The number of nitrogens with two attached hydrogens (primary N) is 1. The number of nitrogens with zero attached hydrogens (tertiary/aromatic N) is 1. The maximum atomic E-state index is 12.9. The van der Waals surface area contributed by atoms with E-state index >= 15 is 0 Å². The monoisotopic (exact) mass is 256 g/mol. The summed E-state index contributed by atoms with van der Waals surface area (Å²) in [4.78, 5) is 0. The fourth-order valence-electron chi connectivity index (χ4n) is 1.11. The molecule has 0 saturated heterocycles. The van der Waals surface area contributed by atoms with E-state index in [0.29, 0.717) is 15.7 Å². The second kappa shape index (κ2) is 3.42. The molecule has 0 aliphatic heterocycles. The smallest absolute Gasteiger partial charge is 0.237 e. The molecule has 3 nitrogen and oxygen atoms in total. The predicted octanol–water partition coefficient (Wildman–Crippen LogP) is 2.83. The van der Waals surface area contributed by atoms with Crippen LogP contribution in [0.5, 0.6) is 0 Å². The van der Waals surface area contributed by atoms with Gasteiger partial charge in [-0.05, 0) is 28.1 Å². The Labute approximate surface area is 87.8 Å². The number of nitrogen functional groups attached to an aromatic ring is 1. The number of benzene rings is 1. The minimum Gasteiger partial charge on any atom is -0.367 e. The molecular formula is C9H6BrFN2O. The van der Waals surface area contributed by atoms with Gasteiger partial charge in [-0.3, -0.25) is 0 Å². The SMILES string of the molecule is Nc1onc(-c2cccc(F)c2)c1Br. The summed E-state index contributed by atoms with van der Waals surface area (Å²) in [5, 5.41) is 3.71. The maximum absolute atomic E-state index is 12.9. The lowest BCUT2D eigenvalue weighted by molar-refractivity contribution is 0.439. The summed E-state index contributed by atoms with van der Waals surface area (Å²) in [6.45, 7) is 0. The van der Waals surface area contributed by atoms with Crippen molar-refractivity contribution in [3.05, 3.63) is 34.6 Å². The first-order chi connectivity index (χ1) is 6.68. The zero-order valence-electron chi connectivity index (χ0n) is 7.00. The van der Waals surface area contributed by atoms with Crippen LogP contribution < -0.4 is 5.73 Å². The van der Waals surface area contributed by atoms with Crippen LogP contribution in [-0.2, 0) is 0 Å². The van der Waals surface area contributed by atoms with E-state index in [0.717, 1.165) is 0 Å². The average molecular weight is 257 g/mol. The van der Waals surface area contributed by atoms with Gasteiger partial charge < -0.3 is 10.3 Å². The predicted molar refractivity (Wildman–Crippen MR) is 54.0 cm³/mol. The molecule has 2 rings (SSSR count). The van der Waals surface area contributed by atoms with Crippen LogP contribution in [0.4, 0.5) is 10.3 Å². The van der Waals surface area contributed by atoms with Crippen LogP contribution in [0.3, 0.4) is 0 Å². The standard InChI is InChI=1S/C9H6BrFN2O/c10-7-8(13-14-9(7)12)5-2-1-3-6(11)4-5/h1-4H,12H2. The van der Waals surface area contributed by atoms with Crippen molar-refractivity contribution in [1.82, 2.24) is 5.16 Å². The molecule has 0 unspecified atom stereocenters. The maximum Gasteiger partial charge on any atom is 0.237 e. The molecule has 2 aromatic rings. The Morgan fingerprint density at radius 2 is 2.21 bits per heavy atom. The van der Waals surface area contributed by atoms with Gasteiger partial charge in [0, 0.05) is 5.56 Å². The molecule has 2 N–H and O–H groups in total. The van der Waals surface area contributed by atoms with Crippen LogP contribution in [-0.4, -0.2) is 5.16 Å². The molecule has 0 atom stereocenters. The molecule has 0 spiro atoms. The summed E-state index contributed by atoms with van der Waals surface area (Å²) in [5.41, 5.74) is 6.57. The summed E-state index contributed by atoms with van der Waals surface area (Å²) in [6.07, 6.45) is 0. The van der Waals surface area contributed by atoms with Gasteiger partial charge in [-0.25, -0.2) is 4.39 Å². The summed E-state index contributed by atoms with van der Waals surface area (Å²) < 4.78 is 18.2. The normalized spacial score (nSPS) is 10.4. The minimum atomic E-state index is -0.323. The molecule has 0 bridgehead atoms. The number of halogens is 2. The third kappa shape index (κ3) is 1.50. The van der Waals surface area contributed by atoms with Gasteiger partial charge in [0.15, 0.2) is 0 Å². The molecule has 5 heteroatoms. The topological polar surface area (TPSA) is 52.0 Å². The first-order valence-corrected chi connectivity index (χ1v) is 4.64. The van der Waals surface area contributed by atoms with Crippen molar-refractivity contribution in [2.75, 3.05) is 5.73 Å². The molecule has 0 aliphatic carbocycles. The highest BCUT2D eigenvalue weighted by molar-refractivity contribution is 9.10. The Morgan fingerprint density at radius 3 is 2.79 bits per heavy atom. The molecule has 0 aliphatic rings. The molecule has 1 aromatic carbocycles. The number of hydrogen-bond acceptors (Lipinski definition) is 3. The first-order valence-electron chi connectivity index (χ1n) is 3.85. The minimum absolute atomic E-state index is 0.185. The third-order valence-corrected chi connectivity index (χ3v) is 2.52. The third-order valence-electron chi connectivity index (χ3n) is 1.76. The lowest BCUT2D eigenvalue weighted by Crippen LogP contribution is -1.82. The molecule has 1 aromatic heterocycles. The van der Waals surface area contributed by atoms with E-state index in [1.807, 2.05) is 0 Å². The van der Waals surface area contributed by atoms with E-state index in [-0.39, 0.29) is 11.7 Å². The summed E-state index contributed by atoms with van der Waals surface area (Å²) in [5.74, 6) is -0.139. The Hall–Kier alpha value is -1.36. The Kier molecular flexibility index (Phi) is 2.25. The first kappa shape index (κ1) is 9.21. The average Bonchev–Trinajstić information content (AvgIpc) is 2.48. The lowest BCUT2D eigenvalue weighted by Gasteiger charge is -1.95. The van der Waals surface area contributed by atoms with Gasteiger partial charge in [0.25, 0.3) is 0 Å². The molecule has 0 amide bonds. The molecule has 14 heavy (non-hydrogen) atoms. The van der Waals surface area contributed by atoms with Crippen molar-refractivity contribution >= 4 is 21.8 Å². The fraction of sp³-hybridized carbons (Fsp3) is 0. The molecule has 0 radical (unpaired) electrons. The zero-order valence-corrected chi connectivity index (χ0v) is 8.58. The van der Waals surface area contributed by atoms with E-state index in [1.54, 1.807) is 12.1 Å². The highest BCUT2D eigenvalue weighted by Crippen LogP contribution is 2.31. The Balaban J connectivity index is 2.55. The molecule has 1 heterocycles. The highest BCUT2D eigenvalue weighted by atomic mass is 79.9. The summed E-state index contributed by atoms with van der Waals surface area (Å²) >= 11 is 3.21. The van der Waals surface area contributed by atoms with Crippen molar-refractivity contribution in [2.24, 2.45) is 0 Å². The van der Waals surface area contributed by atoms with Crippen LogP contribution in [0.1, 0.15) is 0 Å². The highest BCUT2D eigenvalue weighted by Gasteiger charge is 2.12. The van der Waals surface area contributed by atoms with E-state index in [2.05, 4.69) is 21.1 Å². The number of aromatic nitrogens is 1. The number of anilines is 1. The summed E-state index contributed by atoms with van der Waals surface area (Å²) in [7, 11) is 0. The molecular weight excluding hydrogens is 251 g/mol. The molecule has 0 saturated carbocycles. The van der Waals surface area contributed by atoms with Crippen molar-refractivity contribution in [3.63, 3.8) is 0 Å². The van der Waals surface area contributed by atoms with Crippen LogP contribution >= 0.6 is 15.9 Å². The van der Waals surface area contributed by atoms with Crippen molar-refractivity contribution < 1.29 is 8.91 Å². The van der Waals surface area contributed by atoms with E-state index < -0.39 is 0 Å². The second-order valence-corrected chi connectivity index (χ2v) is 3.51. The van der Waals surface area contributed by atoms with Crippen molar-refractivity contribution in [2.45, 2.75) is 0 Å². The Bertz CT molecular complexity index is 470. The Morgan fingerprint density at radius 1 is 1.43 bits per heavy atom. The molecule has 72 valence electrons. The van der Waals surface area contributed by atoms with Crippen molar-refractivity contribution in [1.29, 1.82) is 0 Å². The van der Waals surface area contributed by atoms with Gasteiger partial charge in [-0.1, -0.05) is 17.3 Å². The zero-order chi connectivity index (χ0) is 10.1. The largest absolute Gasteiger partial charge is 0.367 e. The van der Waals surface area contributed by atoms with E-state index in [9.17, 15) is 4.39 Å². The van der Waals surface area contributed by atoms with Gasteiger partial charge in [0.1, 0.15) is 16.0 Å². The van der Waals surface area contributed by atoms with Crippen LogP contribution in [0.25, 0.3) is 11.3 Å². The van der Waals surface area contributed by atoms with Gasteiger partial charge >= 0.3 is 0 Å². The van der Waals surface area contributed by atoms with Crippen LogP contribution in [0, 0.1) is 5.82 Å². The summed E-state index contributed by atoms with van der Waals surface area (Å²) in [6, 6.07) is 6.05. The van der Waals surface area contributed by atoms with Crippen LogP contribution in [0.2, 0.25) is 0 Å². The fourth-order valence-corrected chi connectivity index (χ4v) is 1.48. The van der Waals surface area contributed by atoms with Crippen molar-refractivity contribution in [3.8, 4) is 11.3 Å². The van der Waals surface area contributed by atoms with Gasteiger partial charge in [-0.2, -0.15) is 0 Å². The second-order valence-electron chi connectivity index (χ2n) is 2.72. The molecule has 0 fully saturated rings. The number of rotatable bonds is 1. The quantitative estimate of drug-likeness (QED) is 0.854. The number of hydrogen-bond donors (Lipinski definition) is 1. The lowest BCUT2D eigenvalue weighted by atomic mass is 10.1.